The summed E-state index contributed by atoms with van der Waals surface area (Å²) in [5, 5.41) is 5.66. The van der Waals surface area contributed by atoms with Gasteiger partial charge in [-0.05, 0) is 6.42 Å². The van der Waals surface area contributed by atoms with Crippen molar-refractivity contribution in [3.05, 3.63) is 0 Å². The Labute approximate surface area is 78.1 Å². The molecular formula is C9H16N2O2. The van der Waals surface area contributed by atoms with Crippen molar-refractivity contribution in [1.82, 2.24) is 10.6 Å². The first kappa shape index (κ1) is 10.0. The summed E-state index contributed by atoms with van der Waals surface area (Å²) < 4.78 is 0. The maximum atomic E-state index is 10.9. The molecule has 1 fully saturated rings. The second-order valence-electron chi connectivity index (χ2n) is 3.29. The van der Waals surface area contributed by atoms with Crippen LogP contribution < -0.4 is 10.6 Å². The molecule has 1 saturated carbocycles. The first-order valence-corrected chi connectivity index (χ1v) is 4.76. The average molecular weight is 184 g/mol. The van der Waals surface area contributed by atoms with Crippen LogP contribution in [0.4, 0.5) is 0 Å². The van der Waals surface area contributed by atoms with E-state index >= 15 is 0 Å². The van der Waals surface area contributed by atoms with Crippen molar-refractivity contribution in [2.45, 2.75) is 45.2 Å². The van der Waals surface area contributed by atoms with Crippen LogP contribution in [0.1, 0.15) is 33.1 Å². The number of carbonyl (C=O) groups is 2. The quantitative estimate of drug-likeness (QED) is 0.654. The average Bonchev–Trinajstić information content (AvgIpc) is 2.83. The van der Waals surface area contributed by atoms with Crippen molar-refractivity contribution in [2.75, 3.05) is 0 Å². The van der Waals surface area contributed by atoms with Gasteiger partial charge in [-0.1, -0.05) is 13.8 Å². The minimum absolute atomic E-state index is 0.0539. The van der Waals surface area contributed by atoms with Crippen LogP contribution >= 0.6 is 0 Å². The van der Waals surface area contributed by atoms with Gasteiger partial charge in [0.25, 0.3) is 0 Å². The smallest absolute Gasteiger partial charge is 0.220 e. The van der Waals surface area contributed by atoms with E-state index < -0.39 is 0 Å². The highest BCUT2D eigenvalue weighted by atomic mass is 16.2. The summed E-state index contributed by atoms with van der Waals surface area (Å²) in [6.07, 6.45) is 1.88. The van der Waals surface area contributed by atoms with E-state index in [9.17, 15) is 9.59 Å². The van der Waals surface area contributed by atoms with E-state index in [-0.39, 0.29) is 23.9 Å². The van der Waals surface area contributed by atoms with Gasteiger partial charge >= 0.3 is 0 Å². The van der Waals surface area contributed by atoms with Gasteiger partial charge in [0, 0.05) is 12.8 Å². The third-order valence-corrected chi connectivity index (χ3v) is 2.13. The highest BCUT2D eigenvalue weighted by Gasteiger charge is 2.38. The molecule has 0 aromatic heterocycles. The summed E-state index contributed by atoms with van der Waals surface area (Å²) in [5.74, 6) is 0.108. The molecule has 0 bridgehead atoms. The fourth-order valence-corrected chi connectivity index (χ4v) is 1.13. The number of carbonyl (C=O) groups excluding carboxylic acids is 2. The Morgan fingerprint density at radius 2 is 1.46 bits per heavy atom. The number of rotatable bonds is 4. The van der Waals surface area contributed by atoms with Crippen molar-refractivity contribution >= 4 is 11.8 Å². The number of nitrogens with one attached hydrogen (secondary N) is 2. The lowest BCUT2D eigenvalue weighted by Gasteiger charge is -2.03. The molecule has 0 radical (unpaired) electrons. The molecule has 0 aromatic carbocycles. The third kappa shape index (κ3) is 3.05. The first-order valence-electron chi connectivity index (χ1n) is 4.76. The van der Waals surface area contributed by atoms with Gasteiger partial charge in [-0.3, -0.25) is 9.59 Å². The van der Waals surface area contributed by atoms with Crippen LogP contribution in [-0.4, -0.2) is 23.9 Å². The van der Waals surface area contributed by atoms with Gasteiger partial charge in [-0.25, -0.2) is 0 Å². The molecule has 1 aliphatic carbocycles. The molecule has 1 aliphatic rings. The molecule has 0 aromatic rings. The summed E-state index contributed by atoms with van der Waals surface area (Å²) in [5.41, 5.74) is 0. The lowest BCUT2D eigenvalue weighted by atomic mass is 10.4. The Hall–Kier alpha value is -1.06. The monoisotopic (exact) mass is 184 g/mol. The molecule has 2 atom stereocenters. The highest BCUT2D eigenvalue weighted by Crippen LogP contribution is 2.21. The van der Waals surface area contributed by atoms with Gasteiger partial charge in [0.15, 0.2) is 0 Å². The molecule has 4 nitrogen and oxygen atoms in total. The number of amides is 2. The van der Waals surface area contributed by atoms with E-state index in [1.54, 1.807) is 0 Å². The minimum Gasteiger partial charge on any atom is -0.351 e. The molecule has 0 aliphatic heterocycles. The minimum atomic E-state index is 0.0539. The van der Waals surface area contributed by atoms with Crippen LogP contribution in [-0.2, 0) is 9.59 Å². The van der Waals surface area contributed by atoms with Gasteiger partial charge in [-0.2, -0.15) is 0 Å². The normalized spacial score (nSPS) is 25.1. The van der Waals surface area contributed by atoms with Crippen LogP contribution in [0.5, 0.6) is 0 Å². The van der Waals surface area contributed by atoms with Gasteiger partial charge in [0.2, 0.25) is 11.8 Å². The van der Waals surface area contributed by atoms with Crippen LogP contribution in [0.15, 0.2) is 0 Å². The van der Waals surface area contributed by atoms with Crippen LogP contribution in [0, 0.1) is 0 Å². The van der Waals surface area contributed by atoms with Gasteiger partial charge in [0.1, 0.15) is 0 Å². The Bertz CT molecular complexity index is 194. The van der Waals surface area contributed by atoms with Gasteiger partial charge in [0.05, 0.1) is 12.1 Å². The van der Waals surface area contributed by atoms with E-state index in [2.05, 4.69) is 10.6 Å². The summed E-state index contributed by atoms with van der Waals surface area (Å²) in [7, 11) is 0. The van der Waals surface area contributed by atoms with E-state index in [4.69, 9.17) is 0 Å². The first-order chi connectivity index (χ1) is 6.17. The van der Waals surface area contributed by atoms with Crippen molar-refractivity contribution in [2.24, 2.45) is 0 Å². The van der Waals surface area contributed by atoms with Crippen molar-refractivity contribution in [3.8, 4) is 0 Å². The molecule has 0 saturated heterocycles. The van der Waals surface area contributed by atoms with Gasteiger partial charge < -0.3 is 10.6 Å². The molecule has 74 valence electrons. The Morgan fingerprint density at radius 3 is 1.77 bits per heavy atom. The van der Waals surface area contributed by atoms with Crippen molar-refractivity contribution in [1.29, 1.82) is 0 Å². The molecule has 2 N–H and O–H groups in total. The predicted molar refractivity (Wildman–Crippen MR) is 49.1 cm³/mol. The summed E-state index contributed by atoms with van der Waals surface area (Å²) >= 11 is 0. The molecule has 2 amide bonds. The summed E-state index contributed by atoms with van der Waals surface area (Å²) in [4.78, 5) is 21.9. The zero-order chi connectivity index (χ0) is 9.84. The van der Waals surface area contributed by atoms with E-state index in [0.29, 0.717) is 12.8 Å². The Morgan fingerprint density at radius 1 is 1.08 bits per heavy atom. The number of hydrogen-bond donors (Lipinski definition) is 2. The SMILES string of the molecule is CCC(=O)N[C@H]1C[C@H]1NC(=O)CC. The van der Waals surface area contributed by atoms with E-state index in [1.807, 2.05) is 13.8 Å². The molecule has 13 heavy (non-hydrogen) atoms. The molecule has 1 rings (SSSR count). The van der Waals surface area contributed by atoms with E-state index in [0.717, 1.165) is 6.42 Å². The lowest BCUT2D eigenvalue weighted by molar-refractivity contribution is -0.122. The molecule has 4 heteroatoms. The topological polar surface area (TPSA) is 58.2 Å². The lowest BCUT2D eigenvalue weighted by Crippen LogP contribution is -2.34. The summed E-state index contributed by atoms with van der Waals surface area (Å²) in [6.45, 7) is 3.63. The molecule has 0 heterocycles. The largest absolute Gasteiger partial charge is 0.351 e. The molecule has 0 unspecified atom stereocenters. The maximum absolute atomic E-state index is 10.9. The molecular weight excluding hydrogens is 168 g/mol. The van der Waals surface area contributed by atoms with E-state index in [1.165, 1.54) is 0 Å². The number of hydrogen-bond acceptors (Lipinski definition) is 2. The summed E-state index contributed by atoms with van der Waals surface area (Å²) in [6, 6.07) is 0.339. The second-order valence-corrected chi connectivity index (χ2v) is 3.29. The zero-order valence-electron chi connectivity index (χ0n) is 8.09. The fourth-order valence-electron chi connectivity index (χ4n) is 1.13. The standard InChI is InChI=1S/C9H16N2O2/c1-3-8(12)10-6-5-7(6)11-9(13)4-2/h6-7H,3-5H2,1-2H3,(H,10,12)(H,11,13)/t6-,7+. The molecule has 0 spiro atoms. The fraction of sp³-hybridized carbons (Fsp3) is 0.778. The second kappa shape index (κ2) is 4.25. The van der Waals surface area contributed by atoms with Crippen molar-refractivity contribution in [3.63, 3.8) is 0 Å². The van der Waals surface area contributed by atoms with Crippen LogP contribution in [0.2, 0.25) is 0 Å². The highest BCUT2D eigenvalue weighted by molar-refractivity contribution is 5.78. The Kier molecular flexibility index (Phi) is 3.28. The van der Waals surface area contributed by atoms with Gasteiger partial charge in [-0.15, -0.1) is 0 Å². The zero-order valence-corrected chi connectivity index (χ0v) is 8.09. The van der Waals surface area contributed by atoms with Crippen molar-refractivity contribution < 1.29 is 9.59 Å². The third-order valence-electron chi connectivity index (χ3n) is 2.13. The maximum Gasteiger partial charge on any atom is 0.220 e. The van der Waals surface area contributed by atoms with Crippen LogP contribution in [0.3, 0.4) is 0 Å². The van der Waals surface area contributed by atoms with Crippen LogP contribution in [0.25, 0.3) is 0 Å². The Balaban J connectivity index is 2.15. The predicted octanol–water partition coefficient (Wildman–Crippen LogP) is 0.180.